The number of carbonyl (C=O) groups excluding carboxylic acids is 1. The first-order valence-corrected chi connectivity index (χ1v) is 9.22. The lowest BCUT2D eigenvalue weighted by molar-refractivity contribution is -0.115. The molecule has 0 spiro atoms. The number of benzene rings is 1. The van der Waals surface area contributed by atoms with Crippen molar-refractivity contribution in [1.82, 2.24) is 0 Å². The van der Waals surface area contributed by atoms with Gasteiger partial charge in [0.25, 0.3) is 0 Å². The van der Waals surface area contributed by atoms with Crippen LogP contribution in [0.15, 0.2) is 36.4 Å². The number of aliphatic hydroxyl groups is 1. The number of aryl methyl sites for hydroxylation is 1. The van der Waals surface area contributed by atoms with E-state index in [-0.39, 0.29) is 18.1 Å². The second kappa shape index (κ2) is 7.81. The van der Waals surface area contributed by atoms with Crippen LogP contribution in [-0.2, 0) is 11.2 Å². The van der Waals surface area contributed by atoms with Gasteiger partial charge in [-0.3, -0.25) is 4.79 Å². The maximum Gasteiger partial charge on any atom is 0.229 e. The van der Waals surface area contributed by atoms with Crippen LogP contribution in [0.1, 0.15) is 35.4 Å². The van der Waals surface area contributed by atoms with Crippen molar-refractivity contribution in [3.05, 3.63) is 46.2 Å². The maximum atomic E-state index is 12.1. The molecule has 1 aliphatic carbocycles. The summed E-state index contributed by atoms with van der Waals surface area (Å²) in [4.78, 5) is 14.3. The number of rotatable bonds is 5. The van der Waals surface area contributed by atoms with Crippen molar-refractivity contribution in [3.63, 3.8) is 0 Å². The zero-order chi connectivity index (χ0) is 16.9. The fourth-order valence-corrected chi connectivity index (χ4v) is 3.84. The van der Waals surface area contributed by atoms with Crippen molar-refractivity contribution >= 4 is 22.9 Å². The van der Waals surface area contributed by atoms with Crippen molar-refractivity contribution in [3.8, 4) is 5.75 Å². The van der Waals surface area contributed by atoms with Crippen LogP contribution < -0.4 is 10.1 Å². The third kappa shape index (κ3) is 4.58. The highest BCUT2D eigenvalue weighted by Gasteiger charge is 2.24. The van der Waals surface area contributed by atoms with Crippen LogP contribution in [-0.4, -0.2) is 23.2 Å². The molecule has 0 aliphatic heterocycles. The lowest BCUT2D eigenvalue weighted by Crippen LogP contribution is -2.34. The van der Waals surface area contributed by atoms with Crippen LogP contribution in [0.2, 0.25) is 0 Å². The summed E-state index contributed by atoms with van der Waals surface area (Å²) in [6.07, 6.45) is 3.74. The van der Waals surface area contributed by atoms with Gasteiger partial charge in [-0.15, -0.1) is 11.3 Å². The SMILES string of the molecule is Cc1ccc(CC(=O)Nc2ccc(OC3CCCCC3O)cc2)s1. The zero-order valence-corrected chi connectivity index (χ0v) is 14.6. The van der Waals surface area contributed by atoms with Crippen molar-refractivity contribution in [1.29, 1.82) is 0 Å². The lowest BCUT2D eigenvalue weighted by Gasteiger charge is -2.28. The molecule has 2 aromatic rings. The third-order valence-electron chi connectivity index (χ3n) is 4.22. The average Bonchev–Trinajstić information content (AvgIpc) is 2.96. The van der Waals surface area contributed by atoms with Crippen LogP contribution in [0.25, 0.3) is 0 Å². The number of anilines is 1. The summed E-state index contributed by atoms with van der Waals surface area (Å²) in [6, 6.07) is 11.4. The Hall–Kier alpha value is -1.85. The Morgan fingerprint density at radius 2 is 1.96 bits per heavy atom. The largest absolute Gasteiger partial charge is 0.488 e. The molecule has 1 saturated carbocycles. The topological polar surface area (TPSA) is 58.6 Å². The number of carbonyl (C=O) groups is 1. The van der Waals surface area contributed by atoms with Gasteiger partial charge in [-0.25, -0.2) is 0 Å². The molecule has 2 N–H and O–H groups in total. The molecule has 128 valence electrons. The van der Waals surface area contributed by atoms with E-state index in [4.69, 9.17) is 4.74 Å². The standard InChI is InChI=1S/C19H23NO3S/c1-13-6-11-16(24-13)12-19(22)20-14-7-9-15(10-8-14)23-18-5-3-2-4-17(18)21/h6-11,17-18,21H,2-5,12H2,1H3,(H,20,22). The Morgan fingerprint density at radius 1 is 1.21 bits per heavy atom. The maximum absolute atomic E-state index is 12.1. The van der Waals surface area contributed by atoms with Gasteiger partial charge in [-0.05, 0) is 62.6 Å². The van der Waals surface area contributed by atoms with E-state index in [1.807, 2.05) is 43.3 Å². The molecule has 0 radical (unpaired) electrons. The molecular formula is C19H23NO3S. The molecule has 1 aromatic heterocycles. The predicted octanol–water partition coefficient (Wildman–Crippen LogP) is 3.92. The summed E-state index contributed by atoms with van der Waals surface area (Å²) in [6.45, 7) is 2.04. The third-order valence-corrected chi connectivity index (χ3v) is 5.22. The van der Waals surface area contributed by atoms with Crippen molar-refractivity contribution in [2.24, 2.45) is 0 Å². The molecule has 1 heterocycles. The van der Waals surface area contributed by atoms with Gasteiger partial charge in [-0.2, -0.15) is 0 Å². The van der Waals surface area contributed by atoms with E-state index in [0.717, 1.165) is 42.0 Å². The van der Waals surface area contributed by atoms with Gasteiger partial charge >= 0.3 is 0 Å². The minimum atomic E-state index is -0.382. The minimum Gasteiger partial charge on any atom is -0.488 e. The normalized spacial score (nSPS) is 20.6. The molecule has 5 heteroatoms. The molecule has 4 nitrogen and oxygen atoms in total. The Morgan fingerprint density at radius 3 is 2.62 bits per heavy atom. The summed E-state index contributed by atoms with van der Waals surface area (Å²) in [7, 11) is 0. The first-order valence-electron chi connectivity index (χ1n) is 8.40. The Labute approximate surface area is 146 Å². The number of amides is 1. The molecule has 0 saturated heterocycles. The number of hydrogen-bond acceptors (Lipinski definition) is 4. The average molecular weight is 345 g/mol. The number of nitrogens with one attached hydrogen (secondary N) is 1. The van der Waals surface area contributed by atoms with E-state index >= 15 is 0 Å². The van der Waals surface area contributed by atoms with Gasteiger partial charge in [0.2, 0.25) is 5.91 Å². The minimum absolute atomic E-state index is 0.0202. The zero-order valence-electron chi connectivity index (χ0n) is 13.8. The van der Waals surface area contributed by atoms with Crippen LogP contribution in [0.3, 0.4) is 0 Å². The smallest absolute Gasteiger partial charge is 0.229 e. The monoisotopic (exact) mass is 345 g/mol. The molecule has 2 unspecified atom stereocenters. The van der Waals surface area contributed by atoms with Crippen LogP contribution in [0, 0.1) is 6.92 Å². The van der Waals surface area contributed by atoms with E-state index in [9.17, 15) is 9.90 Å². The number of aliphatic hydroxyl groups excluding tert-OH is 1. The molecule has 24 heavy (non-hydrogen) atoms. The van der Waals surface area contributed by atoms with Crippen LogP contribution in [0.5, 0.6) is 5.75 Å². The van der Waals surface area contributed by atoms with E-state index in [1.54, 1.807) is 11.3 Å². The second-order valence-corrected chi connectivity index (χ2v) is 7.64. The van der Waals surface area contributed by atoms with E-state index in [1.165, 1.54) is 4.88 Å². The van der Waals surface area contributed by atoms with Gasteiger partial charge in [-0.1, -0.05) is 6.42 Å². The number of ether oxygens (including phenoxy) is 1. The van der Waals surface area contributed by atoms with E-state index in [0.29, 0.717) is 6.42 Å². The fraction of sp³-hybridized carbons (Fsp3) is 0.421. The first-order chi connectivity index (χ1) is 11.6. The number of hydrogen-bond donors (Lipinski definition) is 2. The molecule has 2 atom stereocenters. The fourth-order valence-electron chi connectivity index (χ4n) is 2.95. The van der Waals surface area contributed by atoms with Crippen LogP contribution in [0.4, 0.5) is 5.69 Å². The molecule has 1 aliphatic rings. The molecule has 0 bridgehead atoms. The first kappa shape index (κ1) is 17.0. The van der Waals surface area contributed by atoms with Crippen molar-refractivity contribution in [2.45, 2.75) is 51.2 Å². The predicted molar refractivity (Wildman–Crippen MR) is 96.7 cm³/mol. The van der Waals surface area contributed by atoms with E-state index in [2.05, 4.69) is 5.32 Å². The highest BCUT2D eigenvalue weighted by atomic mass is 32.1. The van der Waals surface area contributed by atoms with Crippen molar-refractivity contribution in [2.75, 3.05) is 5.32 Å². The highest BCUT2D eigenvalue weighted by Crippen LogP contribution is 2.25. The summed E-state index contributed by atoms with van der Waals surface area (Å²) in [5.74, 6) is 0.709. The molecular weight excluding hydrogens is 322 g/mol. The van der Waals surface area contributed by atoms with Gasteiger partial charge < -0.3 is 15.2 Å². The summed E-state index contributed by atoms with van der Waals surface area (Å²) in [5, 5.41) is 12.9. The summed E-state index contributed by atoms with van der Waals surface area (Å²) >= 11 is 1.64. The lowest BCUT2D eigenvalue weighted by atomic mass is 9.95. The van der Waals surface area contributed by atoms with Gasteiger partial charge in [0.1, 0.15) is 11.9 Å². The molecule has 1 fully saturated rings. The summed E-state index contributed by atoms with van der Waals surface area (Å²) < 4.78 is 5.86. The van der Waals surface area contributed by atoms with Gasteiger partial charge in [0.05, 0.1) is 12.5 Å². The molecule has 1 aromatic carbocycles. The Bertz CT molecular complexity index is 680. The second-order valence-electron chi connectivity index (χ2n) is 6.27. The van der Waals surface area contributed by atoms with Gasteiger partial charge in [0.15, 0.2) is 0 Å². The van der Waals surface area contributed by atoms with E-state index < -0.39 is 0 Å². The quantitative estimate of drug-likeness (QED) is 0.863. The van der Waals surface area contributed by atoms with Crippen molar-refractivity contribution < 1.29 is 14.6 Å². The molecule has 1 amide bonds. The summed E-state index contributed by atoms with van der Waals surface area (Å²) in [5.41, 5.74) is 0.754. The van der Waals surface area contributed by atoms with Gasteiger partial charge in [0, 0.05) is 15.4 Å². The number of thiophene rings is 1. The Kier molecular flexibility index (Phi) is 5.53. The highest BCUT2D eigenvalue weighted by molar-refractivity contribution is 7.12. The molecule has 3 rings (SSSR count). The Balaban J connectivity index is 1.53. The van der Waals surface area contributed by atoms with Crippen LogP contribution >= 0.6 is 11.3 Å².